The predicted molar refractivity (Wildman–Crippen MR) is 166 cm³/mol. The van der Waals surface area contributed by atoms with E-state index in [0.717, 1.165) is 33.2 Å². The number of aromatic amines is 1. The molecule has 1 amide bonds. The molecule has 6 heteroatoms. The molecule has 42 heavy (non-hydrogen) atoms. The third-order valence-corrected chi connectivity index (χ3v) is 7.53. The van der Waals surface area contributed by atoms with Gasteiger partial charge in [0, 0.05) is 41.2 Å². The molecule has 0 aliphatic heterocycles. The second kappa shape index (κ2) is 11.1. The molecule has 2 heterocycles. The number of H-pyrrole nitrogens is 1. The third kappa shape index (κ3) is 5.12. The van der Waals surface area contributed by atoms with E-state index in [-0.39, 0.29) is 17.5 Å². The number of amides is 1. The highest BCUT2D eigenvalue weighted by Gasteiger charge is 2.22. The largest absolute Gasteiger partial charge is 0.455 e. The molecule has 0 spiro atoms. The molecule has 2 N–H and O–H groups in total. The van der Waals surface area contributed by atoms with Crippen molar-refractivity contribution in [1.82, 2.24) is 10.3 Å². The molecule has 0 radical (unpaired) electrons. The summed E-state index contributed by atoms with van der Waals surface area (Å²) in [7, 11) is 0. The first-order valence-electron chi connectivity index (χ1n) is 14.2. The molecule has 4 aromatic carbocycles. The fourth-order valence-electron chi connectivity index (χ4n) is 5.31. The Morgan fingerprint density at radius 1 is 0.857 bits per heavy atom. The fourth-order valence-corrected chi connectivity index (χ4v) is 5.31. The van der Waals surface area contributed by atoms with Crippen LogP contribution in [-0.2, 0) is 0 Å². The lowest BCUT2D eigenvalue weighted by Gasteiger charge is -2.14. The Morgan fingerprint density at radius 2 is 1.57 bits per heavy atom. The minimum absolute atomic E-state index is 0.0611. The van der Waals surface area contributed by atoms with Crippen LogP contribution >= 0.6 is 0 Å². The molecule has 210 valence electrons. The van der Waals surface area contributed by atoms with Crippen LogP contribution in [0.15, 0.2) is 95.5 Å². The van der Waals surface area contributed by atoms with E-state index in [1.54, 1.807) is 12.1 Å². The van der Waals surface area contributed by atoms with Crippen LogP contribution in [0.1, 0.15) is 47.9 Å². The van der Waals surface area contributed by atoms with Crippen LogP contribution in [0, 0.1) is 11.7 Å². The number of hydrogen-bond donors (Lipinski definition) is 2. The van der Waals surface area contributed by atoms with E-state index in [1.807, 2.05) is 67.7 Å². The van der Waals surface area contributed by atoms with Crippen molar-refractivity contribution < 1.29 is 18.4 Å². The van der Waals surface area contributed by atoms with Gasteiger partial charge < -0.3 is 14.7 Å². The van der Waals surface area contributed by atoms with E-state index in [4.69, 9.17) is 4.42 Å². The Bertz CT molecular complexity index is 1950. The summed E-state index contributed by atoms with van der Waals surface area (Å²) in [4.78, 5) is 29.9. The lowest BCUT2D eigenvalue weighted by Crippen LogP contribution is -2.27. The molecule has 0 saturated heterocycles. The second-order valence-corrected chi connectivity index (χ2v) is 10.9. The molecule has 6 rings (SSSR count). The zero-order valence-corrected chi connectivity index (χ0v) is 23.8. The summed E-state index contributed by atoms with van der Waals surface area (Å²) in [6.45, 7) is 6.50. The van der Waals surface area contributed by atoms with Gasteiger partial charge in [-0.2, -0.15) is 0 Å². The maximum absolute atomic E-state index is 13.6. The van der Waals surface area contributed by atoms with Gasteiger partial charge in [0.15, 0.2) is 5.78 Å². The van der Waals surface area contributed by atoms with Gasteiger partial charge in [-0.15, -0.1) is 0 Å². The summed E-state index contributed by atoms with van der Waals surface area (Å²) in [5.41, 5.74) is 6.73. The van der Waals surface area contributed by atoms with E-state index in [0.29, 0.717) is 52.3 Å². The number of benzene rings is 4. The van der Waals surface area contributed by atoms with Crippen LogP contribution in [0.3, 0.4) is 0 Å². The quantitative estimate of drug-likeness (QED) is 0.183. The van der Waals surface area contributed by atoms with Gasteiger partial charge in [0.05, 0.1) is 5.56 Å². The van der Waals surface area contributed by atoms with E-state index >= 15 is 0 Å². The predicted octanol–water partition coefficient (Wildman–Crippen LogP) is 9.03. The van der Waals surface area contributed by atoms with Crippen molar-refractivity contribution >= 4 is 33.6 Å². The molecule has 0 unspecified atom stereocenters. The Morgan fingerprint density at radius 3 is 2.33 bits per heavy atom. The lowest BCUT2D eigenvalue weighted by atomic mass is 9.93. The first-order valence-corrected chi connectivity index (χ1v) is 14.2. The minimum Gasteiger partial charge on any atom is -0.455 e. The van der Waals surface area contributed by atoms with Crippen molar-refractivity contribution in [2.45, 2.75) is 27.2 Å². The second-order valence-electron chi connectivity index (χ2n) is 10.9. The van der Waals surface area contributed by atoms with Crippen molar-refractivity contribution in [3.63, 3.8) is 0 Å². The summed E-state index contributed by atoms with van der Waals surface area (Å²) >= 11 is 0. The van der Waals surface area contributed by atoms with Crippen molar-refractivity contribution in [1.29, 1.82) is 0 Å². The first kappa shape index (κ1) is 27.2. The van der Waals surface area contributed by atoms with Gasteiger partial charge in [-0.05, 0) is 88.2 Å². The van der Waals surface area contributed by atoms with Crippen molar-refractivity contribution in [2.75, 3.05) is 6.54 Å². The topological polar surface area (TPSA) is 75.1 Å². The maximum Gasteiger partial charge on any atom is 0.251 e. The van der Waals surface area contributed by atoms with Crippen LogP contribution in [0.5, 0.6) is 0 Å². The van der Waals surface area contributed by atoms with Crippen LogP contribution < -0.4 is 5.32 Å². The SMILES string of the molecule is CCC(=O)c1c(-c2ccc(F)cc2)oc2ccc(-c3ccc(-c4ccc5cc[nH]c5c4)c(C(=O)NCC(C)C)c3)cc12. The van der Waals surface area contributed by atoms with E-state index in [9.17, 15) is 14.0 Å². The first-order chi connectivity index (χ1) is 20.3. The van der Waals surface area contributed by atoms with E-state index in [1.165, 1.54) is 12.1 Å². The van der Waals surface area contributed by atoms with Gasteiger partial charge in [0.1, 0.15) is 17.2 Å². The van der Waals surface area contributed by atoms with Crippen LogP contribution in [-0.4, -0.2) is 23.2 Å². The van der Waals surface area contributed by atoms with Gasteiger partial charge >= 0.3 is 0 Å². The van der Waals surface area contributed by atoms with Gasteiger partial charge in [0.2, 0.25) is 0 Å². The number of rotatable bonds is 8. The number of Topliss-reactive ketones (excluding diaryl/α,β-unsaturated/α-hetero) is 1. The average molecular weight is 559 g/mol. The lowest BCUT2D eigenvalue weighted by molar-refractivity contribution is 0.0948. The summed E-state index contributed by atoms with van der Waals surface area (Å²) in [6, 6.07) is 25.7. The fraction of sp³-hybridized carbons (Fsp3) is 0.167. The molecule has 0 bridgehead atoms. The summed E-state index contributed by atoms with van der Waals surface area (Å²) in [5.74, 6) is 0.179. The number of nitrogens with one attached hydrogen (secondary N) is 2. The highest BCUT2D eigenvalue weighted by Crippen LogP contribution is 2.38. The third-order valence-electron chi connectivity index (χ3n) is 7.53. The van der Waals surface area contributed by atoms with Crippen LogP contribution in [0.4, 0.5) is 4.39 Å². The number of hydrogen-bond acceptors (Lipinski definition) is 3. The monoisotopic (exact) mass is 558 g/mol. The number of carbonyl (C=O) groups excluding carboxylic acids is 2. The zero-order valence-electron chi connectivity index (χ0n) is 23.8. The smallest absolute Gasteiger partial charge is 0.251 e. The summed E-state index contributed by atoms with van der Waals surface area (Å²) < 4.78 is 19.8. The summed E-state index contributed by atoms with van der Waals surface area (Å²) in [6.07, 6.45) is 2.20. The Hall–Kier alpha value is -4.97. The number of aromatic nitrogens is 1. The van der Waals surface area contributed by atoms with E-state index < -0.39 is 0 Å². The number of halogens is 1. The molecule has 6 aromatic rings. The Kier molecular flexibility index (Phi) is 7.21. The molecule has 0 saturated carbocycles. The normalized spacial score (nSPS) is 11.5. The average Bonchev–Trinajstić information content (AvgIpc) is 3.63. The number of furan rings is 1. The van der Waals surface area contributed by atoms with Crippen molar-refractivity contribution in [3.05, 3.63) is 108 Å². The number of carbonyl (C=O) groups is 2. The molecule has 0 fully saturated rings. The van der Waals surface area contributed by atoms with E-state index in [2.05, 4.69) is 30.2 Å². The molecule has 5 nitrogen and oxygen atoms in total. The highest BCUT2D eigenvalue weighted by atomic mass is 19.1. The number of ketones is 1. The molecular weight excluding hydrogens is 527 g/mol. The van der Waals surface area contributed by atoms with Gasteiger partial charge in [0.25, 0.3) is 5.91 Å². The molecule has 0 aliphatic rings. The van der Waals surface area contributed by atoms with Gasteiger partial charge in [-0.1, -0.05) is 51.1 Å². The maximum atomic E-state index is 13.6. The van der Waals surface area contributed by atoms with Gasteiger partial charge in [-0.3, -0.25) is 9.59 Å². The van der Waals surface area contributed by atoms with Gasteiger partial charge in [-0.25, -0.2) is 4.39 Å². The molecule has 0 atom stereocenters. The Balaban J connectivity index is 1.48. The van der Waals surface area contributed by atoms with Crippen molar-refractivity contribution in [3.8, 4) is 33.6 Å². The molecule has 0 aliphatic carbocycles. The van der Waals surface area contributed by atoms with Crippen molar-refractivity contribution in [2.24, 2.45) is 5.92 Å². The molecule has 2 aromatic heterocycles. The zero-order chi connectivity index (χ0) is 29.4. The van der Waals surface area contributed by atoms with Crippen LogP contribution in [0.2, 0.25) is 0 Å². The Labute approximate surface area is 243 Å². The standard InChI is InChI=1S/C36H31FN2O3/c1-4-32(40)34-30-18-25(10-14-33(30)42-35(34)23-7-11-27(37)12-8-23)24-9-13-28(29(17-24)36(41)39-20-21(2)3)26-6-5-22-15-16-38-31(22)19-26/h5-19,21,38H,4,20H2,1-3H3,(H,39,41). The minimum atomic E-state index is -0.356. The van der Waals surface area contributed by atoms with Crippen LogP contribution in [0.25, 0.3) is 55.4 Å². The highest BCUT2D eigenvalue weighted by molar-refractivity contribution is 6.13. The number of fused-ring (bicyclic) bond motifs is 2. The molecular formula is C36H31FN2O3. The summed E-state index contributed by atoms with van der Waals surface area (Å²) in [5, 5.41) is 4.86.